The van der Waals surface area contributed by atoms with E-state index in [1.54, 1.807) is 5.06 Å². The third-order valence-electron chi connectivity index (χ3n) is 1.40. The van der Waals surface area contributed by atoms with Crippen LogP contribution in [-0.2, 0) is 4.84 Å². The molecule has 0 aromatic carbocycles. The third-order valence-corrected chi connectivity index (χ3v) is 1.40. The Labute approximate surface area is 60.8 Å². The lowest BCUT2D eigenvalue weighted by molar-refractivity contribution is -0.155. The lowest BCUT2D eigenvalue weighted by Gasteiger charge is -2.24. The van der Waals surface area contributed by atoms with Gasteiger partial charge >= 0.3 is 0 Å². The molecule has 1 unspecified atom stereocenters. The van der Waals surface area contributed by atoms with Crippen LogP contribution in [0.1, 0.15) is 6.92 Å². The van der Waals surface area contributed by atoms with E-state index in [1.165, 1.54) is 0 Å². The highest BCUT2D eigenvalue weighted by atomic mass is 16.7. The SMILES string of the molecule is CCON1C=CN(C)C1N. The fraction of sp³-hybridized carbons (Fsp3) is 0.667. The number of hydrogen-bond donors (Lipinski definition) is 1. The van der Waals surface area contributed by atoms with E-state index < -0.39 is 0 Å². The van der Waals surface area contributed by atoms with Crippen molar-refractivity contribution < 1.29 is 4.84 Å². The molecule has 1 aliphatic heterocycles. The molecule has 58 valence electrons. The van der Waals surface area contributed by atoms with Crippen molar-refractivity contribution in [2.45, 2.75) is 13.2 Å². The van der Waals surface area contributed by atoms with Crippen molar-refractivity contribution in [2.75, 3.05) is 13.7 Å². The highest BCUT2D eigenvalue weighted by Gasteiger charge is 2.18. The first-order chi connectivity index (χ1) is 4.75. The normalized spacial score (nSPS) is 24.5. The third kappa shape index (κ3) is 1.22. The van der Waals surface area contributed by atoms with Crippen LogP contribution in [-0.4, -0.2) is 29.9 Å². The Kier molecular flexibility index (Phi) is 2.13. The maximum absolute atomic E-state index is 5.67. The van der Waals surface area contributed by atoms with Crippen molar-refractivity contribution in [2.24, 2.45) is 5.73 Å². The van der Waals surface area contributed by atoms with Gasteiger partial charge in [0, 0.05) is 19.4 Å². The molecule has 4 heteroatoms. The minimum absolute atomic E-state index is 0.167. The second-order valence-electron chi connectivity index (χ2n) is 2.15. The number of hydroxylamine groups is 2. The molecule has 1 atom stereocenters. The molecule has 1 heterocycles. The van der Waals surface area contributed by atoms with Crippen LogP contribution >= 0.6 is 0 Å². The van der Waals surface area contributed by atoms with Crippen molar-refractivity contribution >= 4 is 0 Å². The molecule has 0 aliphatic carbocycles. The van der Waals surface area contributed by atoms with Crippen LogP contribution in [0.4, 0.5) is 0 Å². The highest BCUT2D eigenvalue weighted by Crippen LogP contribution is 2.08. The molecule has 0 saturated carbocycles. The Morgan fingerprint density at radius 3 is 2.70 bits per heavy atom. The molecule has 1 aliphatic rings. The predicted octanol–water partition coefficient (Wildman–Crippen LogP) is -0.101. The maximum Gasteiger partial charge on any atom is 0.178 e. The van der Waals surface area contributed by atoms with E-state index >= 15 is 0 Å². The van der Waals surface area contributed by atoms with Crippen molar-refractivity contribution in [3.05, 3.63) is 12.4 Å². The Balaban J connectivity index is 2.41. The first-order valence-corrected chi connectivity index (χ1v) is 3.33. The minimum atomic E-state index is -0.167. The summed E-state index contributed by atoms with van der Waals surface area (Å²) >= 11 is 0. The van der Waals surface area contributed by atoms with E-state index in [2.05, 4.69) is 0 Å². The first kappa shape index (κ1) is 7.37. The molecule has 4 nitrogen and oxygen atoms in total. The van der Waals surface area contributed by atoms with Crippen LogP contribution < -0.4 is 5.73 Å². The Morgan fingerprint density at radius 1 is 1.60 bits per heavy atom. The highest BCUT2D eigenvalue weighted by molar-refractivity contribution is 4.88. The fourth-order valence-electron chi connectivity index (χ4n) is 0.795. The van der Waals surface area contributed by atoms with E-state index in [9.17, 15) is 0 Å². The first-order valence-electron chi connectivity index (χ1n) is 3.33. The summed E-state index contributed by atoms with van der Waals surface area (Å²) < 4.78 is 0. The van der Waals surface area contributed by atoms with E-state index in [0.717, 1.165) is 0 Å². The molecular weight excluding hydrogens is 130 g/mol. The molecule has 10 heavy (non-hydrogen) atoms. The summed E-state index contributed by atoms with van der Waals surface area (Å²) in [6.07, 6.45) is 3.52. The van der Waals surface area contributed by atoms with E-state index in [-0.39, 0.29) is 6.29 Å². The molecule has 0 spiro atoms. The van der Waals surface area contributed by atoms with E-state index in [4.69, 9.17) is 10.6 Å². The quantitative estimate of drug-likeness (QED) is 0.586. The number of rotatable bonds is 2. The van der Waals surface area contributed by atoms with Crippen molar-refractivity contribution in [1.29, 1.82) is 0 Å². The molecule has 0 bridgehead atoms. The summed E-state index contributed by atoms with van der Waals surface area (Å²) in [5, 5.41) is 1.62. The summed E-state index contributed by atoms with van der Waals surface area (Å²) in [5.41, 5.74) is 5.67. The van der Waals surface area contributed by atoms with Gasteiger partial charge in [-0.25, -0.2) is 5.06 Å². The van der Waals surface area contributed by atoms with Gasteiger partial charge < -0.3 is 4.90 Å². The number of nitrogens with two attached hydrogens (primary N) is 1. The zero-order valence-corrected chi connectivity index (χ0v) is 6.32. The molecule has 1 rings (SSSR count). The smallest absolute Gasteiger partial charge is 0.178 e. The van der Waals surface area contributed by atoms with Gasteiger partial charge in [0.2, 0.25) is 0 Å². The van der Waals surface area contributed by atoms with Crippen LogP contribution in [0.2, 0.25) is 0 Å². The summed E-state index contributed by atoms with van der Waals surface area (Å²) in [4.78, 5) is 7.04. The number of hydrogen-bond acceptors (Lipinski definition) is 4. The Morgan fingerprint density at radius 2 is 2.30 bits per heavy atom. The number of nitrogens with zero attached hydrogens (tertiary/aromatic N) is 2. The van der Waals surface area contributed by atoms with Gasteiger partial charge in [-0.05, 0) is 6.92 Å². The Hall–Kier alpha value is -0.740. The van der Waals surface area contributed by atoms with E-state index in [1.807, 2.05) is 31.3 Å². The van der Waals surface area contributed by atoms with Gasteiger partial charge in [0.15, 0.2) is 6.29 Å². The molecule has 0 amide bonds. The predicted molar refractivity (Wildman–Crippen MR) is 38.3 cm³/mol. The molecule has 0 radical (unpaired) electrons. The topological polar surface area (TPSA) is 41.7 Å². The van der Waals surface area contributed by atoms with Gasteiger partial charge in [-0.1, -0.05) is 0 Å². The largest absolute Gasteiger partial charge is 0.345 e. The van der Waals surface area contributed by atoms with Crippen molar-refractivity contribution in [3.8, 4) is 0 Å². The van der Waals surface area contributed by atoms with Crippen LogP contribution in [0.5, 0.6) is 0 Å². The molecule has 0 aromatic rings. The Bertz CT molecular complexity index is 137. The molecule has 0 saturated heterocycles. The lowest BCUT2D eigenvalue weighted by atomic mass is 10.8. The van der Waals surface area contributed by atoms with E-state index in [0.29, 0.717) is 6.61 Å². The monoisotopic (exact) mass is 143 g/mol. The summed E-state index contributed by atoms with van der Waals surface area (Å²) in [6.45, 7) is 2.57. The molecule has 0 aromatic heterocycles. The molecule has 0 fully saturated rings. The van der Waals surface area contributed by atoms with Gasteiger partial charge in [-0.3, -0.25) is 10.6 Å². The van der Waals surface area contributed by atoms with Crippen LogP contribution in [0, 0.1) is 0 Å². The van der Waals surface area contributed by atoms with Crippen LogP contribution in [0.15, 0.2) is 12.4 Å². The average Bonchev–Trinajstić information content (AvgIpc) is 2.20. The fourth-order valence-corrected chi connectivity index (χ4v) is 0.795. The van der Waals surface area contributed by atoms with Crippen molar-refractivity contribution in [1.82, 2.24) is 9.96 Å². The van der Waals surface area contributed by atoms with Crippen LogP contribution in [0.25, 0.3) is 0 Å². The lowest BCUT2D eigenvalue weighted by Crippen LogP contribution is -2.43. The van der Waals surface area contributed by atoms with Crippen LogP contribution in [0.3, 0.4) is 0 Å². The van der Waals surface area contributed by atoms with Gasteiger partial charge in [0.25, 0.3) is 0 Å². The second kappa shape index (κ2) is 2.90. The van der Waals surface area contributed by atoms with Gasteiger partial charge in [-0.15, -0.1) is 0 Å². The van der Waals surface area contributed by atoms with Gasteiger partial charge in [0.05, 0.1) is 6.61 Å². The average molecular weight is 143 g/mol. The maximum atomic E-state index is 5.67. The van der Waals surface area contributed by atoms with Gasteiger partial charge in [0.1, 0.15) is 0 Å². The minimum Gasteiger partial charge on any atom is -0.345 e. The summed E-state index contributed by atoms with van der Waals surface area (Å²) in [6, 6.07) is 0. The summed E-state index contributed by atoms with van der Waals surface area (Å²) in [7, 11) is 1.90. The summed E-state index contributed by atoms with van der Waals surface area (Å²) in [5.74, 6) is 0. The molecular formula is C6H13N3O. The van der Waals surface area contributed by atoms with Gasteiger partial charge in [-0.2, -0.15) is 0 Å². The second-order valence-corrected chi connectivity index (χ2v) is 2.15. The molecule has 2 N–H and O–H groups in total. The zero-order chi connectivity index (χ0) is 7.56. The standard InChI is InChI=1S/C6H13N3O/c1-3-10-9-5-4-8(2)6(9)7/h4-6H,3,7H2,1-2H3. The van der Waals surface area contributed by atoms with Crippen molar-refractivity contribution in [3.63, 3.8) is 0 Å². The zero-order valence-electron chi connectivity index (χ0n) is 6.32.